The van der Waals surface area contributed by atoms with E-state index in [0.29, 0.717) is 23.0 Å². The van der Waals surface area contributed by atoms with Crippen molar-refractivity contribution in [2.24, 2.45) is 5.92 Å². The van der Waals surface area contributed by atoms with Crippen LogP contribution in [0.5, 0.6) is 11.5 Å². The lowest BCUT2D eigenvalue weighted by Crippen LogP contribution is -2.31. The Morgan fingerprint density at radius 3 is 2.14 bits per heavy atom. The topological polar surface area (TPSA) is 108 Å². The first-order valence-corrected chi connectivity index (χ1v) is 12.4. The second-order valence-electron chi connectivity index (χ2n) is 9.85. The van der Waals surface area contributed by atoms with Crippen LogP contribution in [0.1, 0.15) is 65.7 Å². The van der Waals surface area contributed by atoms with Crippen molar-refractivity contribution in [2.45, 2.75) is 89.6 Å². The summed E-state index contributed by atoms with van der Waals surface area (Å²) < 4.78 is 20.9. The Kier molecular flexibility index (Phi) is 8.95. The van der Waals surface area contributed by atoms with Crippen LogP contribution in [0.2, 0.25) is 0 Å². The first-order chi connectivity index (χ1) is 17.0. The van der Waals surface area contributed by atoms with Crippen LogP contribution in [0, 0.1) is 5.92 Å². The number of rotatable bonds is 5. The van der Waals surface area contributed by atoms with E-state index in [1.165, 1.54) is 37.1 Å². The fourth-order valence-corrected chi connectivity index (χ4v) is 4.80. The molecule has 3 aliphatic heterocycles. The van der Waals surface area contributed by atoms with Crippen molar-refractivity contribution in [1.29, 1.82) is 0 Å². The van der Waals surface area contributed by atoms with Gasteiger partial charge < -0.3 is 24.1 Å². The van der Waals surface area contributed by atoms with Crippen LogP contribution < -0.4 is 4.74 Å². The van der Waals surface area contributed by atoms with Gasteiger partial charge in [0.25, 0.3) is 0 Å². The summed E-state index contributed by atoms with van der Waals surface area (Å²) in [6.45, 7) is 12.4. The molecular formula is C28H36O8. The zero-order valence-corrected chi connectivity index (χ0v) is 21.3. The highest BCUT2D eigenvalue weighted by atomic mass is 16.6. The Morgan fingerprint density at radius 1 is 1.06 bits per heavy atom. The van der Waals surface area contributed by atoms with Crippen LogP contribution in [-0.2, 0) is 28.6 Å². The fraction of sp³-hybridized carbons (Fsp3) is 0.536. The number of ether oxygens (including phenoxy) is 4. The summed E-state index contributed by atoms with van der Waals surface area (Å²) in [5.41, 5.74) is 0.670. The van der Waals surface area contributed by atoms with Crippen LogP contribution in [0.4, 0.5) is 0 Å². The second kappa shape index (κ2) is 11.7. The van der Waals surface area contributed by atoms with E-state index in [2.05, 4.69) is 20.1 Å². The van der Waals surface area contributed by atoms with Crippen LogP contribution >= 0.6 is 0 Å². The molecule has 3 heterocycles. The molecule has 4 atom stereocenters. The van der Waals surface area contributed by atoms with E-state index in [1.807, 2.05) is 0 Å². The normalized spacial score (nSPS) is 26.0. The Labute approximate surface area is 212 Å². The van der Waals surface area contributed by atoms with Crippen LogP contribution in [-0.4, -0.2) is 46.9 Å². The third-order valence-electron chi connectivity index (χ3n) is 6.91. The summed E-state index contributed by atoms with van der Waals surface area (Å²) in [6, 6.07) is 5.91. The molecule has 1 N–H and O–H groups in total. The van der Waals surface area contributed by atoms with Crippen LogP contribution in [0.3, 0.4) is 0 Å². The summed E-state index contributed by atoms with van der Waals surface area (Å²) in [4.78, 5) is 33.3. The van der Waals surface area contributed by atoms with E-state index < -0.39 is 5.97 Å². The average molecular weight is 501 g/mol. The number of fused-ring (bicyclic) bond motifs is 1. The van der Waals surface area contributed by atoms with Gasteiger partial charge in [0.1, 0.15) is 29.3 Å². The van der Waals surface area contributed by atoms with Gasteiger partial charge in [-0.05, 0) is 76.6 Å². The molecule has 0 spiro atoms. The van der Waals surface area contributed by atoms with Gasteiger partial charge in [-0.25, -0.2) is 9.59 Å². The molecule has 4 fully saturated rings. The minimum atomic E-state index is -0.467. The molecule has 36 heavy (non-hydrogen) atoms. The Bertz CT molecular complexity index is 987. The van der Waals surface area contributed by atoms with Crippen molar-refractivity contribution in [1.82, 2.24) is 0 Å². The highest BCUT2D eigenvalue weighted by Crippen LogP contribution is 2.45. The molecule has 196 valence electrons. The first-order valence-electron chi connectivity index (χ1n) is 12.4. The van der Waals surface area contributed by atoms with Crippen molar-refractivity contribution in [3.8, 4) is 11.5 Å². The van der Waals surface area contributed by atoms with Gasteiger partial charge >= 0.3 is 17.9 Å². The number of phenols is 1. The molecule has 1 aromatic carbocycles. The van der Waals surface area contributed by atoms with Gasteiger partial charge in [-0.1, -0.05) is 20.1 Å². The van der Waals surface area contributed by atoms with Crippen LogP contribution in [0.15, 0.2) is 48.6 Å². The Morgan fingerprint density at radius 2 is 1.67 bits per heavy atom. The van der Waals surface area contributed by atoms with Crippen molar-refractivity contribution in [2.75, 3.05) is 0 Å². The molecule has 4 unspecified atom stereocenters. The molecule has 3 saturated heterocycles. The largest absolute Gasteiger partial charge is 0.508 e. The molecule has 1 aromatic rings. The number of hydrogen-bond donors (Lipinski definition) is 1. The van der Waals surface area contributed by atoms with Crippen molar-refractivity contribution in [3.63, 3.8) is 0 Å². The van der Waals surface area contributed by atoms with Crippen molar-refractivity contribution in [3.05, 3.63) is 48.6 Å². The zero-order valence-electron chi connectivity index (χ0n) is 21.3. The number of hydrogen-bond acceptors (Lipinski definition) is 8. The van der Waals surface area contributed by atoms with Crippen molar-refractivity contribution >= 4 is 17.9 Å². The van der Waals surface area contributed by atoms with E-state index in [0.717, 1.165) is 32.1 Å². The van der Waals surface area contributed by atoms with E-state index in [1.54, 1.807) is 13.8 Å². The highest BCUT2D eigenvalue weighted by Gasteiger charge is 2.58. The van der Waals surface area contributed by atoms with Gasteiger partial charge in [0, 0.05) is 17.6 Å². The van der Waals surface area contributed by atoms with Gasteiger partial charge in [-0.2, -0.15) is 0 Å². The number of esters is 3. The average Bonchev–Trinajstić information content (AvgIpc) is 3.59. The lowest BCUT2D eigenvalue weighted by molar-refractivity contribution is -0.154. The minimum Gasteiger partial charge on any atom is -0.508 e. The zero-order chi connectivity index (χ0) is 26.5. The maximum atomic E-state index is 11.3. The highest BCUT2D eigenvalue weighted by molar-refractivity contribution is 5.88. The van der Waals surface area contributed by atoms with Gasteiger partial charge in [-0.3, -0.25) is 4.79 Å². The van der Waals surface area contributed by atoms with E-state index in [-0.39, 0.29) is 41.4 Å². The predicted molar refractivity (Wildman–Crippen MR) is 132 cm³/mol. The molecule has 0 aromatic heterocycles. The smallest absolute Gasteiger partial charge is 0.338 e. The fourth-order valence-electron chi connectivity index (χ4n) is 4.80. The Balaban J connectivity index is 0.000000151. The third kappa shape index (κ3) is 6.75. The lowest BCUT2D eigenvalue weighted by Gasteiger charge is -2.27. The minimum absolute atomic E-state index is 0.0324. The summed E-state index contributed by atoms with van der Waals surface area (Å²) in [7, 11) is 0. The Hall–Kier alpha value is -3.13. The SMILES string of the molecule is C=C(C)C(=O)OC1(CC)CCCC1.C=C(C)C(=O)Oc1ccc(O)cc1.O=C1OC2CC3CC1C2O3. The lowest BCUT2D eigenvalue weighted by atomic mass is 9.90. The first kappa shape index (κ1) is 27.5. The van der Waals surface area contributed by atoms with Gasteiger partial charge in [0.2, 0.25) is 0 Å². The summed E-state index contributed by atoms with van der Waals surface area (Å²) in [5.74, 6) is -0.117. The predicted octanol–water partition coefficient (Wildman–Crippen LogP) is 4.79. The molecule has 1 saturated carbocycles. The number of carbonyl (C=O) groups excluding carboxylic acids is 3. The van der Waals surface area contributed by atoms with Crippen molar-refractivity contribution < 1.29 is 38.4 Å². The summed E-state index contributed by atoms with van der Waals surface area (Å²) in [5, 5.41) is 8.94. The number of phenolic OH excluding ortho intramolecular Hbond substituents is 1. The maximum Gasteiger partial charge on any atom is 0.338 e. The van der Waals surface area contributed by atoms with Crippen LogP contribution in [0.25, 0.3) is 0 Å². The van der Waals surface area contributed by atoms with E-state index >= 15 is 0 Å². The molecule has 4 aliphatic rings. The van der Waals surface area contributed by atoms with Gasteiger partial charge in [0.15, 0.2) is 0 Å². The number of benzene rings is 1. The quantitative estimate of drug-likeness (QED) is 0.349. The van der Waals surface area contributed by atoms with E-state index in [9.17, 15) is 14.4 Å². The number of aromatic hydroxyl groups is 1. The molecule has 0 radical (unpaired) electrons. The molecule has 8 nitrogen and oxygen atoms in total. The molecule has 2 bridgehead atoms. The molecule has 5 rings (SSSR count). The standard InChI is InChI=1S/C11H18O2.C10H10O3.C7H8O3/c1-4-11(7-5-6-8-11)13-10(12)9(2)3;1-7(2)10(12)13-9-5-3-8(11)4-6-9;8-7-4-1-3-2-5(10-7)6(4)9-3/h2,4-8H2,1,3H3;3-6,11H,1H2,2H3;3-6H,1-2H2. The third-order valence-corrected chi connectivity index (χ3v) is 6.91. The molecule has 1 aliphatic carbocycles. The van der Waals surface area contributed by atoms with E-state index in [4.69, 9.17) is 24.1 Å². The van der Waals surface area contributed by atoms with Gasteiger partial charge in [-0.15, -0.1) is 0 Å². The molecule has 0 amide bonds. The molecular weight excluding hydrogens is 464 g/mol. The summed E-state index contributed by atoms with van der Waals surface area (Å²) in [6.07, 6.45) is 7.71. The summed E-state index contributed by atoms with van der Waals surface area (Å²) >= 11 is 0. The van der Waals surface area contributed by atoms with Gasteiger partial charge in [0.05, 0.1) is 12.0 Å². The monoisotopic (exact) mass is 500 g/mol. The molecule has 8 heteroatoms. The maximum absolute atomic E-state index is 11.3. The number of carbonyl (C=O) groups is 3. The second-order valence-corrected chi connectivity index (χ2v) is 9.85.